The van der Waals surface area contributed by atoms with Crippen molar-refractivity contribution in [2.45, 2.75) is 40.0 Å². The molecule has 0 aliphatic heterocycles. The molecule has 1 rings (SSSR count). The Hall–Kier alpha value is -1.78. The van der Waals surface area contributed by atoms with E-state index in [9.17, 15) is 9.59 Å². The van der Waals surface area contributed by atoms with Gasteiger partial charge in [0, 0.05) is 6.42 Å². The lowest BCUT2D eigenvalue weighted by Gasteiger charge is -2.28. The molecule has 0 aliphatic carbocycles. The topological polar surface area (TPSA) is 65.7 Å². The van der Waals surface area contributed by atoms with Gasteiger partial charge in [-0.2, -0.15) is 0 Å². The molecule has 0 saturated heterocycles. The van der Waals surface area contributed by atoms with Gasteiger partial charge in [-0.15, -0.1) is 0 Å². The van der Waals surface area contributed by atoms with E-state index < -0.39 is 17.4 Å². The smallest absolute Gasteiger partial charge is 0.323 e. The van der Waals surface area contributed by atoms with Crippen LogP contribution in [0.4, 0.5) is 0 Å². The van der Waals surface area contributed by atoms with E-state index in [2.05, 4.69) is 0 Å². The zero-order valence-electron chi connectivity index (χ0n) is 12.3. The molecule has 0 fully saturated rings. The molecule has 1 aromatic rings. The lowest BCUT2D eigenvalue weighted by Crippen LogP contribution is -2.44. The highest BCUT2D eigenvalue weighted by molar-refractivity contribution is 6.00. The summed E-state index contributed by atoms with van der Waals surface area (Å²) >= 11 is 0. The Bertz CT molecular complexity index is 403. The number of furan rings is 1. The molecular weight excluding hydrogens is 260 g/mol. The lowest BCUT2D eigenvalue weighted by atomic mass is 9.79. The van der Waals surface area contributed by atoms with Crippen molar-refractivity contribution in [2.24, 2.45) is 5.41 Å². The first-order valence-corrected chi connectivity index (χ1v) is 6.97. The van der Waals surface area contributed by atoms with Crippen molar-refractivity contribution in [1.82, 2.24) is 0 Å². The highest BCUT2D eigenvalue weighted by Crippen LogP contribution is 2.32. The quantitative estimate of drug-likeness (QED) is 0.542. The minimum Gasteiger partial charge on any atom is -0.469 e. The number of ether oxygens (including phenoxy) is 2. The Labute approximate surface area is 119 Å². The Balaban J connectivity index is 3.10. The van der Waals surface area contributed by atoms with E-state index in [4.69, 9.17) is 13.9 Å². The first-order chi connectivity index (χ1) is 9.60. The molecule has 0 bridgehead atoms. The van der Waals surface area contributed by atoms with Crippen LogP contribution in [0.25, 0.3) is 0 Å². The molecule has 112 valence electrons. The molecule has 1 aromatic heterocycles. The monoisotopic (exact) mass is 282 g/mol. The maximum atomic E-state index is 12.3. The molecule has 0 aromatic carbocycles. The van der Waals surface area contributed by atoms with Gasteiger partial charge in [-0.1, -0.05) is 13.3 Å². The van der Waals surface area contributed by atoms with Gasteiger partial charge in [0.2, 0.25) is 0 Å². The molecule has 0 saturated carbocycles. The van der Waals surface area contributed by atoms with E-state index in [0.29, 0.717) is 18.6 Å². The van der Waals surface area contributed by atoms with Gasteiger partial charge < -0.3 is 13.9 Å². The van der Waals surface area contributed by atoms with Crippen molar-refractivity contribution in [3.8, 4) is 0 Å². The van der Waals surface area contributed by atoms with Gasteiger partial charge in [-0.3, -0.25) is 9.59 Å². The van der Waals surface area contributed by atoms with E-state index in [1.165, 1.54) is 6.26 Å². The summed E-state index contributed by atoms with van der Waals surface area (Å²) in [6.07, 6.45) is 2.71. The van der Waals surface area contributed by atoms with Crippen LogP contribution in [0.1, 0.15) is 39.4 Å². The third-order valence-electron chi connectivity index (χ3n) is 3.07. The number of hydrogen-bond donors (Lipinski definition) is 0. The molecule has 5 nitrogen and oxygen atoms in total. The van der Waals surface area contributed by atoms with Gasteiger partial charge in [0.25, 0.3) is 0 Å². The number of carbonyl (C=O) groups is 2. The highest BCUT2D eigenvalue weighted by Gasteiger charge is 2.48. The molecule has 0 amide bonds. The third kappa shape index (κ3) is 3.62. The molecular formula is C15H22O5. The van der Waals surface area contributed by atoms with Crippen LogP contribution in [-0.4, -0.2) is 25.2 Å². The first kappa shape index (κ1) is 16.3. The standard InChI is InChI=1S/C15H22O5/c1-4-9-15(13(16)18-5-2,14(17)19-6-3)11-12-8-7-10-20-12/h7-8,10H,4-6,9,11H2,1-3H3. The van der Waals surface area contributed by atoms with Gasteiger partial charge in [0.1, 0.15) is 5.76 Å². The van der Waals surface area contributed by atoms with Crippen molar-refractivity contribution in [2.75, 3.05) is 13.2 Å². The molecule has 5 heteroatoms. The fraction of sp³-hybridized carbons (Fsp3) is 0.600. The zero-order valence-corrected chi connectivity index (χ0v) is 12.3. The Morgan fingerprint density at radius 3 is 2.15 bits per heavy atom. The average molecular weight is 282 g/mol. The van der Waals surface area contributed by atoms with E-state index in [-0.39, 0.29) is 19.6 Å². The Morgan fingerprint density at radius 2 is 1.75 bits per heavy atom. The molecule has 0 unspecified atom stereocenters. The number of carbonyl (C=O) groups excluding carboxylic acids is 2. The van der Waals surface area contributed by atoms with Crippen LogP contribution in [0.3, 0.4) is 0 Å². The maximum absolute atomic E-state index is 12.3. The van der Waals surface area contributed by atoms with E-state index in [1.54, 1.807) is 26.0 Å². The predicted molar refractivity (Wildman–Crippen MR) is 73.0 cm³/mol. The largest absolute Gasteiger partial charge is 0.469 e. The van der Waals surface area contributed by atoms with Crippen molar-refractivity contribution >= 4 is 11.9 Å². The lowest BCUT2D eigenvalue weighted by molar-refractivity contribution is -0.173. The summed E-state index contributed by atoms with van der Waals surface area (Å²) in [4.78, 5) is 24.7. The molecule has 0 atom stereocenters. The molecule has 0 N–H and O–H groups in total. The van der Waals surface area contributed by atoms with Crippen LogP contribution in [0.15, 0.2) is 22.8 Å². The van der Waals surface area contributed by atoms with Crippen LogP contribution < -0.4 is 0 Å². The van der Waals surface area contributed by atoms with Gasteiger partial charge in [-0.25, -0.2) is 0 Å². The zero-order chi connectivity index (χ0) is 15.0. The van der Waals surface area contributed by atoms with Crippen molar-refractivity contribution < 1.29 is 23.5 Å². The van der Waals surface area contributed by atoms with Gasteiger partial charge in [-0.05, 0) is 32.4 Å². The van der Waals surface area contributed by atoms with Gasteiger partial charge in [0.15, 0.2) is 5.41 Å². The molecule has 20 heavy (non-hydrogen) atoms. The number of rotatable bonds is 8. The fourth-order valence-electron chi connectivity index (χ4n) is 2.20. The molecule has 0 radical (unpaired) electrons. The molecule has 0 aliphatic rings. The average Bonchev–Trinajstić information content (AvgIpc) is 2.91. The van der Waals surface area contributed by atoms with Crippen LogP contribution in [0.5, 0.6) is 0 Å². The van der Waals surface area contributed by atoms with Crippen LogP contribution >= 0.6 is 0 Å². The maximum Gasteiger partial charge on any atom is 0.323 e. The highest BCUT2D eigenvalue weighted by atomic mass is 16.6. The van der Waals surface area contributed by atoms with Crippen molar-refractivity contribution in [1.29, 1.82) is 0 Å². The van der Waals surface area contributed by atoms with Crippen molar-refractivity contribution in [3.63, 3.8) is 0 Å². The molecule has 1 heterocycles. The van der Waals surface area contributed by atoms with Gasteiger partial charge in [0.05, 0.1) is 19.5 Å². The summed E-state index contributed by atoms with van der Waals surface area (Å²) in [5.41, 5.74) is -1.32. The first-order valence-electron chi connectivity index (χ1n) is 6.97. The Kier molecular flexibility index (Phi) is 6.28. The fourth-order valence-corrected chi connectivity index (χ4v) is 2.20. The van der Waals surface area contributed by atoms with Crippen LogP contribution in [0.2, 0.25) is 0 Å². The van der Waals surface area contributed by atoms with Crippen LogP contribution in [0, 0.1) is 5.41 Å². The summed E-state index contributed by atoms with van der Waals surface area (Å²) in [6.45, 7) is 5.79. The second-order valence-corrected chi connectivity index (χ2v) is 4.53. The van der Waals surface area contributed by atoms with E-state index >= 15 is 0 Å². The normalized spacial score (nSPS) is 11.2. The summed E-state index contributed by atoms with van der Waals surface area (Å²) in [5, 5.41) is 0. The van der Waals surface area contributed by atoms with Crippen molar-refractivity contribution in [3.05, 3.63) is 24.2 Å². The summed E-state index contributed by atoms with van der Waals surface area (Å²) in [6, 6.07) is 3.46. The van der Waals surface area contributed by atoms with E-state index in [0.717, 1.165) is 0 Å². The van der Waals surface area contributed by atoms with Crippen LogP contribution in [-0.2, 0) is 25.5 Å². The molecule has 0 spiro atoms. The predicted octanol–water partition coefficient (Wildman–Crippen LogP) is 2.73. The number of hydrogen-bond acceptors (Lipinski definition) is 5. The summed E-state index contributed by atoms with van der Waals surface area (Å²) in [7, 11) is 0. The minimum atomic E-state index is -1.32. The number of esters is 2. The minimum absolute atomic E-state index is 0.158. The second kappa shape index (κ2) is 7.72. The summed E-state index contributed by atoms with van der Waals surface area (Å²) < 4.78 is 15.5. The Morgan fingerprint density at radius 1 is 1.15 bits per heavy atom. The van der Waals surface area contributed by atoms with E-state index in [1.807, 2.05) is 6.92 Å². The SMILES string of the molecule is CCCC(Cc1ccco1)(C(=O)OCC)C(=O)OCC. The third-order valence-corrected chi connectivity index (χ3v) is 3.07. The summed E-state index contributed by atoms with van der Waals surface area (Å²) in [5.74, 6) is -0.520. The van der Waals surface area contributed by atoms with Gasteiger partial charge >= 0.3 is 11.9 Å². The second-order valence-electron chi connectivity index (χ2n) is 4.53.